The number of carbonyl (C=O) groups is 2. The molecule has 1 heterocycles. The number of methoxy groups -OCH3 is 1. The average Bonchev–Trinajstić information content (AvgIpc) is 2.97. The minimum absolute atomic E-state index is 0.238. The summed E-state index contributed by atoms with van der Waals surface area (Å²) in [6.45, 7) is 5.92. The third kappa shape index (κ3) is 5.44. The Morgan fingerprint density at radius 3 is 2.44 bits per heavy atom. The number of hydrogen-bond donors (Lipinski definition) is 0. The first-order valence-electron chi connectivity index (χ1n) is 8.61. The zero-order valence-electron chi connectivity index (χ0n) is 16.0. The molecular formula is C20H24N2O5. The Kier molecular flexibility index (Phi) is 7.16. The molecule has 144 valence electrons. The van der Waals surface area contributed by atoms with E-state index in [0.717, 1.165) is 29.2 Å². The Morgan fingerprint density at radius 1 is 1.15 bits per heavy atom. The van der Waals surface area contributed by atoms with Gasteiger partial charge < -0.3 is 18.9 Å². The fraction of sp³-hybridized carbons (Fsp3) is 0.350. The fourth-order valence-electron chi connectivity index (χ4n) is 2.71. The van der Waals surface area contributed by atoms with E-state index >= 15 is 0 Å². The van der Waals surface area contributed by atoms with Crippen molar-refractivity contribution in [1.29, 1.82) is 0 Å². The van der Waals surface area contributed by atoms with Crippen molar-refractivity contribution in [3.63, 3.8) is 0 Å². The predicted molar refractivity (Wildman–Crippen MR) is 101 cm³/mol. The van der Waals surface area contributed by atoms with Crippen LogP contribution in [-0.4, -0.2) is 42.9 Å². The molecule has 0 saturated carbocycles. The van der Waals surface area contributed by atoms with Crippen molar-refractivity contribution in [2.75, 3.05) is 20.3 Å². The number of Topliss-reactive ketones (excluding diaryl/α,β-unsaturated/α-hetero) is 1. The van der Waals surface area contributed by atoms with E-state index in [9.17, 15) is 9.59 Å². The van der Waals surface area contributed by atoms with Crippen LogP contribution in [0.3, 0.4) is 0 Å². The van der Waals surface area contributed by atoms with Crippen LogP contribution < -0.4 is 4.74 Å². The normalized spacial score (nSPS) is 10.8. The highest BCUT2D eigenvalue weighted by atomic mass is 16.7. The number of aryl methyl sites for hydroxylation is 1. The van der Waals surface area contributed by atoms with Gasteiger partial charge in [0.1, 0.15) is 5.75 Å². The van der Waals surface area contributed by atoms with Gasteiger partial charge in [-0.25, -0.2) is 4.79 Å². The first kappa shape index (κ1) is 20.2. The minimum atomic E-state index is -0.653. The topological polar surface area (TPSA) is 79.1 Å². The lowest BCUT2D eigenvalue weighted by atomic mass is 10.1. The summed E-state index contributed by atoms with van der Waals surface area (Å²) < 4.78 is 12.1. The molecule has 0 aliphatic rings. The number of hydrogen-bond acceptors (Lipinski definition) is 6. The summed E-state index contributed by atoms with van der Waals surface area (Å²) in [5, 5.41) is 3.71. The lowest BCUT2D eigenvalue weighted by Crippen LogP contribution is -2.17. The average molecular weight is 372 g/mol. The highest BCUT2D eigenvalue weighted by Crippen LogP contribution is 2.15. The van der Waals surface area contributed by atoms with E-state index < -0.39 is 5.97 Å². The van der Waals surface area contributed by atoms with Crippen molar-refractivity contribution in [1.82, 2.24) is 4.57 Å². The molecule has 0 aliphatic heterocycles. The van der Waals surface area contributed by atoms with E-state index in [2.05, 4.69) is 5.16 Å². The lowest BCUT2D eigenvalue weighted by molar-refractivity contribution is -0.147. The van der Waals surface area contributed by atoms with E-state index in [0.29, 0.717) is 5.56 Å². The molecule has 0 amide bonds. The molecule has 0 atom stereocenters. The number of aromatic nitrogens is 1. The molecule has 0 spiro atoms. The van der Waals surface area contributed by atoms with Gasteiger partial charge in [0.15, 0.2) is 6.61 Å². The molecule has 0 N–H and O–H groups in total. The molecule has 1 aromatic heterocycles. The van der Waals surface area contributed by atoms with Crippen molar-refractivity contribution >= 4 is 18.0 Å². The van der Waals surface area contributed by atoms with Crippen LogP contribution in [0.1, 0.15) is 34.2 Å². The monoisotopic (exact) mass is 372 g/mol. The van der Waals surface area contributed by atoms with Gasteiger partial charge in [-0.1, -0.05) is 5.16 Å². The van der Waals surface area contributed by atoms with E-state index in [4.69, 9.17) is 14.3 Å². The van der Waals surface area contributed by atoms with Gasteiger partial charge in [0, 0.05) is 23.5 Å². The number of ketones is 1. The smallest absolute Gasteiger partial charge is 0.347 e. The van der Waals surface area contributed by atoms with Crippen molar-refractivity contribution < 1.29 is 23.9 Å². The van der Waals surface area contributed by atoms with E-state index in [1.165, 1.54) is 6.21 Å². The summed E-state index contributed by atoms with van der Waals surface area (Å²) in [4.78, 5) is 28.8. The van der Waals surface area contributed by atoms with Crippen LogP contribution in [0.15, 0.2) is 35.5 Å². The van der Waals surface area contributed by atoms with Gasteiger partial charge in [0.25, 0.3) is 0 Å². The van der Waals surface area contributed by atoms with Gasteiger partial charge in [-0.05, 0) is 56.7 Å². The van der Waals surface area contributed by atoms with Crippen LogP contribution in [-0.2, 0) is 20.9 Å². The molecule has 7 heteroatoms. The Balaban J connectivity index is 1.77. The molecule has 27 heavy (non-hydrogen) atoms. The Hall–Kier alpha value is -3.09. The first-order chi connectivity index (χ1) is 13.0. The summed E-state index contributed by atoms with van der Waals surface area (Å²) >= 11 is 0. The summed E-state index contributed by atoms with van der Waals surface area (Å²) in [5.74, 6) is -0.154. The molecule has 0 unspecified atom stereocenters. The van der Waals surface area contributed by atoms with Crippen LogP contribution in [0.4, 0.5) is 0 Å². The number of nitrogens with zero attached hydrogens (tertiary/aromatic N) is 2. The Bertz CT molecular complexity index is 822. The van der Waals surface area contributed by atoms with Crippen LogP contribution in [0.5, 0.6) is 5.75 Å². The summed E-state index contributed by atoms with van der Waals surface area (Å²) in [7, 11) is 1.59. The highest BCUT2D eigenvalue weighted by Gasteiger charge is 2.16. The largest absolute Gasteiger partial charge is 0.497 e. The zero-order valence-corrected chi connectivity index (χ0v) is 16.0. The number of benzene rings is 1. The van der Waals surface area contributed by atoms with Crippen molar-refractivity contribution in [3.05, 3.63) is 52.8 Å². The van der Waals surface area contributed by atoms with Crippen LogP contribution >= 0.6 is 0 Å². The van der Waals surface area contributed by atoms with Crippen LogP contribution in [0.25, 0.3) is 0 Å². The third-order valence-electron chi connectivity index (χ3n) is 4.13. The molecule has 0 bridgehead atoms. The quantitative estimate of drug-likeness (QED) is 0.293. The number of carbonyl (C=O) groups excluding carboxylic acids is 2. The van der Waals surface area contributed by atoms with Gasteiger partial charge in [-0.2, -0.15) is 0 Å². The SMILES string of the molecule is CCn1c(C)cc(C(=O)COC(=O)CO/N=C\c2ccc(OC)cc2)c1C. The van der Waals surface area contributed by atoms with E-state index in [-0.39, 0.29) is 19.0 Å². The van der Waals surface area contributed by atoms with E-state index in [1.807, 2.05) is 31.4 Å². The molecule has 2 aromatic rings. The first-order valence-corrected chi connectivity index (χ1v) is 8.61. The van der Waals surface area contributed by atoms with Crippen LogP contribution in [0.2, 0.25) is 0 Å². The van der Waals surface area contributed by atoms with Gasteiger partial charge in [0.05, 0.1) is 13.3 Å². The molecule has 1 aromatic carbocycles. The molecule has 0 aliphatic carbocycles. The van der Waals surface area contributed by atoms with Crippen LogP contribution in [0, 0.1) is 13.8 Å². The summed E-state index contributed by atoms with van der Waals surface area (Å²) in [6, 6.07) is 8.99. The van der Waals surface area contributed by atoms with E-state index in [1.54, 1.807) is 31.4 Å². The van der Waals surface area contributed by atoms with Gasteiger partial charge in [-0.3, -0.25) is 4.79 Å². The Labute approximate surface area is 158 Å². The van der Waals surface area contributed by atoms with Crippen molar-refractivity contribution in [2.24, 2.45) is 5.16 Å². The molecule has 0 saturated heterocycles. The number of oxime groups is 1. The van der Waals surface area contributed by atoms with Gasteiger partial charge >= 0.3 is 5.97 Å². The molecular weight excluding hydrogens is 348 g/mol. The highest BCUT2D eigenvalue weighted by molar-refractivity contribution is 5.99. The third-order valence-corrected chi connectivity index (χ3v) is 4.13. The molecule has 2 rings (SSSR count). The maximum atomic E-state index is 12.2. The lowest BCUT2D eigenvalue weighted by Gasteiger charge is -2.06. The second-order valence-electron chi connectivity index (χ2n) is 5.89. The molecule has 0 fully saturated rings. The molecule has 7 nitrogen and oxygen atoms in total. The minimum Gasteiger partial charge on any atom is -0.497 e. The second-order valence-corrected chi connectivity index (χ2v) is 5.89. The standard InChI is InChI=1S/C20H24N2O5/c1-5-22-14(2)10-18(15(22)3)19(23)12-26-20(24)13-27-21-11-16-6-8-17(25-4)9-7-16/h6-11H,5,12-13H2,1-4H3/b21-11-. The van der Waals surface area contributed by atoms with Crippen molar-refractivity contribution in [2.45, 2.75) is 27.3 Å². The number of esters is 1. The second kappa shape index (κ2) is 9.56. The van der Waals surface area contributed by atoms with Crippen molar-refractivity contribution in [3.8, 4) is 5.75 Å². The summed E-state index contributed by atoms with van der Waals surface area (Å²) in [5.41, 5.74) is 3.24. The van der Waals surface area contributed by atoms with Gasteiger partial charge in [0.2, 0.25) is 12.4 Å². The number of rotatable bonds is 9. The maximum absolute atomic E-state index is 12.2. The zero-order chi connectivity index (χ0) is 19.8. The Morgan fingerprint density at radius 2 is 1.85 bits per heavy atom. The van der Waals surface area contributed by atoms with Gasteiger partial charge in [-0.15, -0.1) is 0 Å². The predicted octanol–water partition coefficient (Wildman–Crippen LogP) is 2.91. The fourth-order valence-corrected chi connectivity index (χ4v) is 2.71. The molecule has 0 radical (unpaired) electrons. The summed E-state index contributed by atoms with van der Waals surface area (Å²) in [6.07, 6.45) is 1.47. The maximum Gasteiger partial charge on any atom is 0.347 e. The number of ether oxygens (including phenoxy) is 2.